The predicted molar refractivity (Wildman–Crippen MR) is 91.8 cm³/mol. The summed E-state index contributed by atoms with van der Waals surface area (Å²) in [5.74, 6) is -0.914. The van der Waals surface area contributed by atoms with E-state index in [9.17, 15) is 14.0 Å². The van der Waals surface area contributed by atoms with Gasteiger partial charge in [-0.1, -0.05) is 12.1 Å². The Balaban J connectivity index is 1.63. The van der Waals surface area contributed by atoms with Gasteiger partial charge in [-0.3, -0.25) is 4.79 Å². The van der Waals surface area contributed by atoms with Crippen LogP contribution in [0, 0.1) is 5.82 Å². The SMILES string of the molecule is CC(C)(C)OC(=O)N1[C@@H]2CC[C@H]1C[C@@H](NC(=O)c1ccccc1F)C2. The molecule has 0 saturated carbocycles. The highest BCUT2D eigenvalue weighted by Crippen LogP contribution is 2.37. The molecular formula is C19H25FN2O3. The molecule has 2 amide bonds. The fraction of sp³-hybridized carbons (Fsp3) is 0.579. The van der Waals surface area contributed by atoms with Crippen LogP contribution in [0.25, 0.3) is 0 Å². The van der Waals surface area contributed by atoms with Gasteiger partial charge >= 0.3 is 6.09 Å². The lowest BCUT2D eigenvalue weighted by atomic mass is 9.97. The molecule has 2 aliphatic rings. The van der Waals surface area contributed by atoms with Crippen LogP contribution in [0.15, 0.2) is 24.3 Å². The van der Waals surface area contributed by atoms with E-state index in [1.807, 2.05) is 25.7 Å². The molecule has 2 saturated heterocycles. The number of hydrogen-bond acceptors (Lipinski definition) is 3. The molecule has 6 heteroatoms. The maximum Gasteiger partial charge on any atom is 0.410 e. The Labute approximate surface area is 147 Å². The van der Waals surface area contributed by atoms with Crippen molar-refractivity contribution in [1.82, 2.24) is 10.2 Å². The zero-order valence-electron chi connectivity index (χ0n) is 14.9. The Kier molecular flexibility index (Phi) is 4.71. The van der Waals surface area contributed by atoms with Crippen molar-refractivity contribution in [3.8, 4) is 0 Å². The Bertz CT molecular complexity index is 657. The summed E-state index contributed by atoms with van der Waals surface area (Å²) in [5.41, 5.74) is -0.462. The van der Waals surface area contributed by atoms with E-state index in [1.165, 1.54) is 12.1 Å². The number of ether oxygens (including phenoxy) is 1. The molecule has 2 aliphatic heterocycles. The minimum absolute atomic E-state index is 0.0525. The number of amides is 2. The van der Waals surface area contributed by atoms with E-state index in [0.717, 1.165) is 12.8 Å². The van der Waals surface area contributed by atoms with Crippen molar-refractivity contribution < 1.29 is 18.7 Å². The molecule has 0 radical (unpaired) electrons. The fourth-order valence-electron chi connectivity index (χ4n) is 3.82. The molecule has 136 valence electrons. The number of piperidine rings is 1. The first-order valence-corrected chi connectivity index (χ1v) is 8.81. The molecule has 1 aromatic carbocycles. The van der Waals surface area contributed by atoms with Crippen molar-refractivity contribution in [2.24, 2.45) is 0 Å². The summed E-state index contributed by atoms with van der Waals surface area (Å²) in [6.45, 7) is 5.57. The van der Waals surface area contributed by atoms with Crippen LogP contribution in [0.5, 0.6) is 0 Å². The van der Waals surface area contributed by atoms with Gasteiger partial charge in [0.25, 0.3) is 5.91 Å². The first-order chi connectivity index (χ1) is 11.7. The maximum atomic E-state index is 13.8. The van der Waals surface area contributed by atoms with Crippen LogP contribution in [0.4, 0.5) is 9.18 Å². The van der Waals surface area contributed by atoms with Crippen LogP contribution in [0.3, 0.4) is 0 Å². The number of benzene rings is 1. The molecule has 0 unspecified atom stereocenters. The van der Waals surface area contributed by atoms with Gasteiger partial charge in [-0.15, -0.1) is 0 Å². The Hall–Kier alpha value is -2.11. The Morgan fingerprint density at radius 2 is 1.76 bits per heavy atom. The first-order valence-electron chi connectivity index (χ1n) is 8.81. The number of carbonyl (C=O) groups is 2. The van der Waals surface area contributed by atoms with E-state index in [1.54, 1.807) is 12.1 Å². The van der Waals surface area contributed by atoms with Crippen molar-refractivity contribution in [2.45, 2.75) is 70.2 Å². The molecule has 1 aromatic rings. The molecule has 25 heavy (non-hydrogen) atoms. The van der Waals surface area contributed by atoms with Gasteiger partial charge in [0.2, 0.25) is 0 Å². The molecule has 3 rings (SSSR count). The molecule has 2 fully saturated rings. The number of nitrogens with zero attached hydrogens (tertiary/aromatic N) is 1. The molecule has 3 atom stereocenters. The minimum Gasteiger partial charge on any atom is -0.444 e. The van der Waals surface area contributed by atoms with Gasteiger partial charge in [-0.05, 0) is 58.6 Å². The molecule has 2 heterocycles. The number of halogens is 1. The molecule has 5 nitrogen and oxygen atoms in total. The third-order valence-electron chi connectivity index (χ3n) is 4.79. The lowest BCUT2D eigenvalue weighted by Gasteiger charge is -2.39. The van der Waals surface area contributed by atoms with Crippen molar-refractivity contribution in [3.63, 3.8) is 0 Å². The Morgan fingerprint density at radius 1 is 1.16 bits per heavy atom. The van der Waals surface area contributed by atoms with E-state index in [2.05, 4.69) is 5.32 Å². The zero-order chi connectivity index (χ0) is 18.2. The van der Waals surface area contributed by atoms with Crippen LogP contribution in [0.2, 0.25) is 0 Å². The second-order valence-electron chi connectivity index (χ2n) is 7.89. The van der Waals surface area contributed by atoms with Crippen LogP contribution in [-0.2, 0) is 4.74 Å². The lowest BCUT2D eigenvalue weighted by Crippen LogP contribution is -2.53. The maximum absolute atomic E-state index is 13.8. The quantitative estimate of drug-likeness (QED) is 0.890. The third kappa shape index (κ3) is 3.94. The molecular weight excluding hydrogens is 323 g/mol. The van der Waals surface area contributed by atoms with Crippen molar-refractivity contribution in [3.05, 3.63) is 35.6 Å². The highest BCUT2D eigenvalue weighted by atomic mass is 19.1. The van der Waals surface area contributed by atoms with Crippen molar-refractivity contribution >= 4 is 12.0 Å². The smallest absolute Gasteiger partial charge is 0.410 e. The highest BCUT2D eigenvalue weighted by Gasteiger charge is 2.45. The lowest BCUT2D eigenvalue weighted by molar-refractivity contribution is 0.00500. The van der Waals surface area contributed by atoms with Gasteiger partial charge in [-0.25, -0.2) is 9.18 Å². The first kappa shape index (κ1) is 17.7. The van der Waals surface area contributed by atoms with Crippen LogP contribution in [0.1, 0.15) is 56.8 Å². The monoisotopic (exact) mass is 348 g/mol. The number of carbonyl (C=O) groups excluding carboxylic acids is 2. The summed E-state index contributed by atoms with van der Waals surface area (Å²) in [4.78, 5) is 26.6. The van der Waals surface area contributed by atoms with Gasteiger partial charge in [0.05, 0.1) is 5.56 Å². The predicted octanol–water partition coefficient (Wildman–Crippen LogP) is 3.49. The van der Waals surface area contributed by atoms with E-state index in [4.69, 9.17) is 4.74 Å². The summed E-state index contributed by atoms with van der Waals surface area (Å²) in [7, 11) is 0. The summed E-state index contributed by atoms with van der Waals surface area (Å²) < 4.78 is 19.3. The third-order valence-corrected chi connectivity index (χ3v) is 4.79. The molecule has 2 bridgehead atoms. The number of rotatable bonds is 2. The second-order valence-corrected chi connectivity index (χ2v) is 7.89. The second kappa shape index (κ2) is 6.65. The van der Waals surface area contributed by atoms with Gasteiger partial charge in [-0.2, -0.15) is 0 Å². The van der Waals surface area contributed by atoms with Crippen LogP contribution in [-0.4, -0.2) is 40.6 Å². The summed E-state index contributed by atoms with van der Waals surface area (Å²) >= 11 is 0. The van der Waals surface area contributed by atoms with Crippen LogP contribution < -0.4 is 5.32 Å². The average Bonchev–Trinajstić information content (AvgIpc) is 2.77. The molecule has 0 aromatic heterocycles. The fourth-order valence-corrected chi connectivity index (χ4v) is 3.82. The van der Waals surface area contributed by atoms with Crippen molar-refractivity contribution in [2.75, 3.05) is 0 Å². The summed E-state index contributed by atoms with van der Waals surface area (Å²) in [6, 6.07) is 6.06. The highest BCUT2D eigenvalue weighted by molar-refractivity contribution is 5.94. The summed E-state index contributed by atoms with van der Waals surface area (Å²) in [6.07, 6.45) is 2.90. The standard InChI is InChI=1S/C19H25FN2O3/c1-19(2,3)25-18(24)22-13-8-9-14(22)11-12(10-13)21-17(23)15-6-4-5-7-16(15)20/h4-7,12-14H,8-11H2,1-3H3,(H,21,23)/t12-,13+,14-. The van der Waals surface area contributed by atoms with E-state index in [0.29, 0.717) is 12.8 Å². The van der Waals surface area contributed by atoms with Crippen molar-refractivity contribution in [1.29, 1.82) is 0 Å². The normalized spacial score (nSPS) is 25.6. The number of fused-ring (bicyclic) bond motifs is 2. The Morgan fingerprint density at radius 3 is 2.32 bits per heavy atom. The zero-order valence-corrected chi connectivity index (χ0v) is 14.9. The largest absolute Gasteiger partial charge is 0.444 e. The topological polar surface area (TPSA) is 58.6 Å². The van der Waals surface area contributed by atoms with Gasteiger partial charge in [0.15, 0.2) is 0 Å². The minimum atomic E-state index is -0.521. The summed E-state index contributed by atoms with van der Waals surface area (Å²) in [5, 5.41) is 2.93. The van der Waals surface area contributed by atoms with Gasteiger partial charge in [0.1, 0.15) is 11.4 Å². The number of hydrogen-bond donors (Lipinski definition) is 1. The van der Waals surface area contributed by atoms with Crippen LogP contribution >= 0.6 is 0 Å². The van der Waals surface area contributed by atoms with E-state index >= 15 is 0 Å². The average molecular weight is 348 g/mol. The molecule has 1 N–H and O–H groups in total. The van der Waals surface area contributed by atoms with E-state index < -0.39 is 17.3 Å². The molecule has 0 aliphatic carbocycles. The van der Waals surface area contributed by atoms with E-state index in [-0.39, 0.29) is 29.8 Å². The molecule has 0 spiro atoms. The van der Waals surface area contributed by atoms with Gasteiger partial charge in [0, 0.05) is 18.1 Å². The number of nitrogens with one attached hydrogen (secondary N) is 1. The van der Waals surface area contributed by atoms with Gasteiger partial charge < -0.3 is 15.0 Å².